The largest absolute Gasteiger partial charge is 0.325 e. The molecule has 1 aromatic heterocycles. The second kappa shape index (κ2) is 8.20. The topological polar surface area (TPSA) is 71.8 Å². The van der Waals surface area contributed by atoms with Crippen molar-refractivity contribution < 1.29 is 4.79 Å². The summed E-state index contributed by atoms with van der Waals surface area (Å²) in [4.78, 5) is 13.5. The number of amides is 1. The molecule has 1 spiro atoms. The van der Waals surface area contributed by atoms with Gasteiger partial charge in [0.25, 0.3) is 0 Å². The van der Waals surface area contributed by atoms with Crippen LogP contribution in [0.25, 0.3) is 11.4 Å². The minimum absolute atomic E-state index is 0.0326. The lowest BCUT2D eigenvalue weighted by Crippen LogP contribution is -2.59. The molecule has 0 radical (unpaired) electrons. The average molecular weight is 454 g/mol. The molecule has 2 aliphatic rings. The van der Waals surface area contributed by atoms with E-state index in [1.54, 1.807) is 6.07 Å². The Kier molecular flexibility index (Phi) is 5.40. The summed E-state index contributed by atoms with van der Waals surface area (Å²) in [6.45, 7) is 1.95. The van der Waals surface area contributed by atoms with E-state index in [4.69, 9.17) is 11.6 Å². The molecule has 5 rings (SSSR count). The molecule has 1 aliphatic heterocycles. The second-order valence-corrected chi connectivity index (χ2v) is 9.77. The van der Waals surface area contributed by atoms with Crippen molar-refractivity contribution >= 4 is 35.0 Å². The molecule has 31 heavy (non-hydrogen) atoms. The van der Waals surface area contributed by atoms with Crippen LogP contribution in [0.3, 0.4) is 0 Å². The van der Waals surface area contributed by atoms with Crippen molar-refractivity contribution in [3.05, 3.63) is 59.1 Å². The Morgan fingerprint density at radius 3 is 2.68 bits per heavy atom. The maximum atomic E-state index is 13.5. The molecule has 0 bridgehead atoms. The minimum Gasteiger partial charge on any atom is -0.325 e. The number of carbonyl (C=O) groups is 1. The van der Waals surface area contributed by atoms with Gasteiger partial charge in [-0.2, -0.15) is 0 Å². The highest BCUT2D eigenvalue weighted by Gasteiger charge is 2.49. The van der Waals surface area contributed by atoms with Gasteiger partial charge in [0.05, 0.1) is 5.54 Å². The fourth-order valence-electron chi connectivity index (χ4n) is 4.46. The van der Waals surface area contributed by atoms with Crippen LogP contribution in [0.2, 0.25) is 5.02 Å². The fourth-order valence-corrected chi connectivity index (χ4v) is 5.86. The van der Waals surface area contributed by atoms with Crippen LogP contribution in [-0.2, 0) is 4.79 Å². The van der Waals surface area contributed by atoms with Crippen LogP contribution in [0.4, 0.5) is 5.69 Å². The van der Waals surface area contributed by atoms with Crippen molar-refractivity contribution in [3.63, 3.8) is 0 Å². The Hall–Kier alpha value is -2.51. The first-order chi connectivity index (χ1) is 15.1. The molecular weight excluding hydrogens is 430 g/mol. The lowest BCUT2D eigenvalue weighted by atomic mass is 9.79. The molecule has 0 saturated heterocycles. The van der Waals surface area contributed by atoms with E-state index in [9.17, 15) is 4.79 Å². The Labute approximate surface area is 190 Å². The van der Waals surface area contributed by atoms with E-state index in [1.165, 1.54) is 18.2 Å². The van der Waals surface area contributed by atoms with E-state index in [0.29, 0.717) is 15.9 Å². The summed E-state index contributed by atoms with van der Waals surface area (Å²) in [5.41, 5.74) is 6.03. The highest BCUT2D eigenvalue weighted by Crippen LogP contribution is 2.44. The van der Waals surface area contributed by atoms with E-state index >= 15 is 0 Å². The van der Waals surface area contributed by atoms with Gasteiger partial charge in [-0.1, -0.05) is 79.0 Å². The number of halogens is 1. The maximum Gasteiger partial charge on any atom is 0.240 e. The van der Waals surface area contributed by atoms with E-state index in [1.807, 2.05) is 54.1 Å². The van der Waals surface area contributed by atoms with Gasteiger partial charge in [-0.05, 0) is 37.5 Å². The van der Waals surface area contributed by atoms with Gasteiger partial charge < -0.3 is 10.7 Å². The van der Waals surface area contributed by atoms with Gasteiger partial charge in [-0.25, -0.2) is 4.68 Å². The van der Waals surface area contributed by atoms with Crippen molar-refractivity contribution in [1.82, 2.24) is 14.9 Å². The van der Waals surface area contributed by atoms with Crippen LogP contribution in [0.15, 0.2) is 53.7 Å². The number of benzene rings is 2. The predicted octanol–water partition coefficient (Wildman–Crippen LogP) is 5.27. The van der Waals surface area contributed by atoms with Crippen LogP contribution in [0.1, 0.15) is 37.7 Å². The quantitative estimate of drug-likeness (QED) is 0.565. The Morgan fingerprint density at radius 2 is 1.94 bits per heavy atom. The zero-order chi connectivity index (χ0) is 21.4. The Balaban J connectivity index is 1.48. The van der Waals surface area contributed by atoms with Crippen LogP contribution in [0, 0.1) is 6.92 Å². The molecule has 8 heteroatoms. The van der Waals surface area contributed by atoms with Crippen molar-refractivity contribution in [2.75, 3.05) is 10.7 Å². The summed E-state index contributed by atoms with van der Waals surface area (Å²) in [6.07, 6.45) is 5.23. The molecule has 1 aliphatic carbocycles. The van der Waals surface area contributed by atoms with Crippen molar-refractivity contribution in [1.29, 1.82) is 0 Å². The van der Waals surface area contributed by atoms with E-state index in [-0.39, 0.29) is 16.7 Å². The third kappa shape index (κ3) is 3.81. The first kappa shape index (κ1) is 20.4. The summed E-state index contributed by atoms with van der Waals surface area (Å²) in [5, 5.41) is 12.9. The number of aryl methyl sites for hydroxylation is 1. The number of fused-ring (bicyclic) bond motifs is 1. The summed E-state index contributed by atoms with van der Waals surface area (Å²) in [7, 11) is 0. The number of anilines is 1. The minimum atomic E-state index is -0.347. The predicted molar refractivity (Wildman–Crippen MR) is 125 cm³/mol. The summed E-state index contributed by atoms with van der Waals surface area (Å²) < 4.78 is 1.97. The fraction of sp³-hybridized carbons (Fsp3) is 0.348. The molecule has 6 nitrogen and oxygen atoms in total. The van der Waals surface area contributed by atoms with Gasteiger partial charge in [0, 0.05) is 16.3 Å². The van der Waals surface area contributed by atoms with Gasteiger partial charge in [0.15, 0.2) is 5.82 Å². The van der Waals surface area contributed by atoms with Crippen molar-refractivity contribution in [2.45, 2.75) is 55.0 Å². The molecule has 2 aromatic carbocycles. The van der Waals surface area contributed by atoms with Crippen LogP contribution in [-0.4, -0.2) is 31.6 Å². The van der Waals surface area contributed by atoms with Crippen molar-refractivity contribution in [3.8, 4) is 11.4 Å². The Morgan fingerprint density at radius 1 is 1.16 bits per heavy atom. The lowest BCUT2D eigenvalue weighted by Gasteiger charge is -2.46. The van der Waals surface area contributed by atoms with Gasteiger partial charge in [0.2, 0.25) is 11.1 Å². The van der Waals surface area contributed by atoms with E-state index < -0.39 is 0 Å². The first-order valence-corrected chi connectivity index (χ1v) is 11.8. The first-order valence-electron chi connectivity index (χ1n) is 10.6. The molecule has 1 amide bonds. The highest BCUT2D eigenvalue weighted by atomic mass is 35.5. The summed E-state index contributed by atoms with van der Waals surface area (Å²) in [6, 6.07) is 15.6. The number of rotatable bonds is 3. The second-order valence-electron chi connectivity index (χ2n) is 8.29. The maximum absolute atomic E-state index is 13.5. The lowest BCUT2D eigenvalue weighted by molar-refractivity contribution is -0.117. The molecular formula is C23H24ClN5OS. The van der Waals surface area contributed by atoms with Gasteiger partial charge in [0.1, 0.15) is 5.25 Å². The third-order valence-electron chi connectivity index (χ3n) is 6.15. The number of hydrogen-bond acceptors (Lipinski definition) is 5. The molecule has 1 atom stereocenters. The van der Waals surface area contributed by atoms with Gasteiger partial charge in [-0.3, -0.25) is 4.79 Å². The van der Waals surface area contributed by atoms with Gasteiger partial charge in [-0.15, -0.1) is 10.2 Å². The normalized spacial score (nSPS) is 19.5. The molecule has 2 N–H and O–H groups in total. The Bertz CT molecular complexity index is 1110. The number of hydrogen-bond donors (Lipinski definition) is 2. The average Bonchev–Trinajstić information content (AvgIpc) is 3.19. The number of carbonyl (C=O) groups excluding carboxylic acids is 1. The molecule has 3 aromatic rings. The van der Waals surface area contributed by atoms with Crippen LogP contribution < -0.4 is 10.7 Å². The van der Waals surface area contributed by atoms with E-state index in [2.05, 4.69) is 20.9 Å². The monoisotopic (exact) mass is 453 g/mol. The zero-order valence-electron chi connectivity index (χ0n) is 17.3. The number of thioether (sulfide) groups is 1. The number of aromatic nitrogens is 3. The standard InChI is InChI=1S/C23H24ClN5OS/c1-15-10-11-17(14-18(15)24)25-21(30)19-23(12-6-3-7-13-23)28-29-20(26-27-22(29)31-19)16-8-4-2-5-9-16/h2,4-5,8-11,14,19,28H,3,6-7,12-13H2,1H3,(H,25,30)/t19-/m1/s1. The van der Waals surface area contributed by atoms with Crippen LogP contribution in [0.5, 0.6) is 0 Å². The van der Waals surface area contributed by atoms with Crippen molar-refractivity contribution in [2.24, 2.45) is 0 Å². The summed E-state index contributed by atoms with van der Waals surface area (Å²) in [5.74, 6) is 0.743. The zero-order valence-corrected chi connectivity index (χ0v) is 18.8. The summed E-state index contributed by atoms with van der Waals surface area (Å²) >= 11 is 7.76. The number of nitrogens with one attached hydrogen (secondary N) is 2. The van der Waals surface area contributed by atoms with E-state index in [0.717, 1.165) is 42.6 Å². The smallest absolute Gasteiger partial charge is 0.240 e. The molecule has 1 fully saturated rings. The van der Waals surface area contributed by atoms with Gasteiger partial charge >= 0.3 is 0 Å². The number of nitrogens with zero attached hydrogens (tertiary/aromatic N) is 3. The highest BCUT2D eigenvalue weighted by molar-refractivity contribution is 8.00. The molecule has 1 saturated carbocycles. The third-order valence-corrected chi connectivity index (χ3v) is 7.93. The molecule has 0 unspecified atom stereocenters. The molecule has 2 heterocycles. The molecule has 160 valence electrons. The van der Waals surface area contributed by atoms with Crippen LogP contribution >= 0.6 is 23.4 Å². The SMILES string of the molecule is Cc1ccc(NC(=O)[C@H]2Sc3nnc(-c4ccccc4)n3NC23CCCCC3)cc1Cl.